The lowest BCUT2D eigenvalue weighted by molar-refractivity contribution is -0.870. The van der Waals surface area contributed by atoms with Gasteiger partial charge in [-0.2, -0.15) is 0 Å². The van der Waals surface area contributed by atoms with Crippen molar-refractivity contribution in [1.29, 1.82) is 0 Å². The molecule has 0 bridgehead atoms. The first-order chi connectivity index (χ1) is 40.6. The number of nitrogens with zero attached hydrogens (tertiary/aromatic N) is 1. The Morgan fingerprint density at radius 3 is 0.892 bits per heavy atom. The predicted octanol–water partition coefficient (Wildman–Crippen LogP) is 21.5. The smallest absolute Gasteiger partial charge is 0.306 e. The lowest BCUT2D eigenvalue weighted by Crippen LogP contribution is -2.44. The Hall–Kier alpha value is -1.97. The number of likely N-dealkylation sites (N-methyl/N-ethyl adjacent to an activating group) is 1. The van der Waals surface area contributed by atoms with Crippen LogP contribution in [-0.4, -0.2) is 82.3 Å². The minimum absolute atomic E-state index is 0.152. The molecule has 0 aromatic heterocycles. The highest BCUT2D eigenvalue weighted by molar-refractivity contribution is 5.70. The maximum atomic E-state index is 12.9. The van der Waals surface area contributed by atoms with Crippen LogP contribution in [0.3, 0.4) is 0 Å². The van der Waals surface area contributed by atoms with Crippen molar-refractivity contribution in [2.24, 2.45) is 0 Å². The number of carbonyl (C=O) groups is 3. The molecule has 0 aliphatic heterocycles. The molecule has 0 rings (SSSR count). The fourth-order valence-electron chi connectivity index (χ4n) is 11.4. The molecule has 9 heteroatoms. The molecule has 0 saturated heterocycles. The molecule has 0 aliphatic carbocycles. The number of carboxylic acid groups (broad SMARTS) is 1. The predicted molar refractivity (Wildman–Crippen MR) is 353 cm³/mol. The molecule has 0 aromatic carbocycles. The Morgan fingerprint density at radius 2 is 0.614 bits per heavy atom. The van der Waals surface area contributed by atoms with Gasteiger partial charge in [-0.3, -0.25) is 9.59 Å². The molecule has 0 aromatic rings. The molecular weight excluding hydrogens is 1030 g/mol. The SMILES string of the molecule is CCCCCCCCCC/C=C\CCCCCCCCCCCCCC(=O)OC(COC(=O)CCCCCCCCCCCCCCCCCCCCCCCCCCCCCCCCCCCCC)COC(OCC[N+](C)(C)C)C(=O)[O-]. The molecule has 0 heterocycles. The second kappa shape index (κ2) is 66.0. The van der Waals surface area contributed by atoms with E-state index in [9.17, 15) is 19.5 Å². The van der Waals surface area contributed by atoms with Gasteiger partial charge >= 0.3 is 11.9 Å². The summed E-state index contributed by atoms with van der Waals surface area (Å²) < 4.78 is 22.8. The van der Waals surface area contributed by atoms with Crippen molar-refractivity contribution >= 4 is 17.9 Å². The van der Waals surface area contributed by atoms with Gasteiger partial charge in [-0.1, -0.05) is 347 Å². The molecule has 9 nitrogen and oxygen atoms in total. The van der Waals surface area contributed by atoms with Crippen molar-refractivity contribution in [2.45, 2.75) is 399 Å². The number of unbranched alkanes of at least 4 members (excludes halogenated alkanes) is 53. The second-order valence-corrected chi connectivity index (χ2v) is 26.6. The highest BCUT2D eigenvalue weighted by atomic mass is 16.7. The summed E-state index contributed by atoms with van der Waals surface area (Å²) >= 11 is 0. The van der Waals surface area contributed by atoms with Crippen LogP contribution >= 0.6 is 0 Å². The van der Waals surface area contributed by atoms with Crippen molar-refractivity contribution in [1.82, 2.24) is 0 Å². The summed E-state index contributed by atoms with van der Waals surface area (Å²) in [4.78, 5) is 37.5. The van der Waals surface area contributed by atoms with Crippen LogP contribution in [0, 0.1) is 0 Å². The number of hydrogen-bond donors (Lipinski definition) is 0. The van der Waals surface area contributed by atoms with E-state index in [0.29, 0.717) is 17.4 Å². The van der Waals surface area contributed by atoms with Gasteiger partial charge in [-0.25, -0.2) is 0 Å². The van der Waals surface area contributed by atoms with Crippen LogP contribution in [0.15, 0.2) is 12.2 Å². The van der Waals surface area contributed by atoms with E-state index in [2.05, 4.69) is 26.0 Å². The van der Waals surface area contributed by atoms with E-state index in [0.717, 1.165) is 38.5 Å². The maximum absolute atomic E-state index is 12.9. The quantitative estimate of drug-likeness (QED) is 0.0195. The number of rotatable bonds is 70. The molecule has 0 amide bonds. The zero-order valence-corrected chi connectivity index (χ0v) is 56.4. The van der Waals surface area contributed by atoms with Crippen molar-refractivity contribution in [3.8, 4) is 0 Å². The fourth-order valence-corrected chi connectivity index (χ4v) is 11.4. The summed E-state index contributed by atoms with van der Waals surface area (Å²) in [5, 5.41) is 11.8. The number of allylic oxidation sites excluding steroid dienone is 2. The Balaban J connectivity index is 3.98. The molecule has 83 heavy (non-hydrogen) atoms. The number of quaternary nitrogens is 1. The molecule has 2 unspecified atom stereocenters. The van der Waals surface area contributed by atoms with E-state index in [1.165, 1.54) is 321 Å². The van der Waals surface area contributed by atoms with Crippen LogP contribution in [0.5, 0.6) is 0 Å². The third-order valence-electron chi connectivity index (χ3n) is 17.0. The molecule has 0 fully saturated rings. The zero-order chi connectivity index (χ0) is 60.5. The largest absolute Gasteiger partial charge is 0.545 e. The number of hydrogen-bond acceptors (Lipinski definition) is 8. The lowest BCUT2D eigenvalue weighted by atomic mass is 10.0. The van der Waals surface area contributed by atoms with Crippen LogP contribution in [0.2, 0.25) is 0 Å². The molecular formula is C74H143NO8. The standard InChI is InChI=1S/C74H143NO8/c1-6-8-10-12-14-16-18-20-22-24-26-28-30-31-32-33-34-35-36-37-38-39-40-41-43-44-46-48-50-52-54-56-58-60-62-64-71(76)81-68-70(69-82-74(73(78)79)80-67-66-75(3,4)5)83-72(77)65-63-61-59-57-55-53-51-49-47-45-42-29-27-25-23-21-19-17-15-13-11-9-7-2/h25,27,70,74H,6-24,26,28-69H2,1-5H3/b27-25-. The average Bonchev–Trinajstić information content (AvgIpc) is 3.46. The first-order valence-corrected chi connectivity index (χ1v) is 36.8. The Labute approximate surface area is 516 Å². The number of esters is 2. The van der Waals surface area contributed by atoms with E-state index >= 15 is 0 Å². The minimum atomic E-state index is -1.62. The fraction of sp³-hybridized carbons (Fsp3) is 0.932. The third kappa shape index (κ3) is 67.4. The van der Waals surface area contributed by atoms with Crippen LogP contribution in [0.1, 0.15) is 386 Å². The molecule has 492 valence electrons. The Bertz CT molecular complexity index is 1370. The van der Waals surface area contributed by atoms with Gasteiger partial charge in [0.05, 0.1) is 40.3 Å². The molecule has 0 saturated carbocycles. The summed E-state index contributed by atoms with van der Waals surface area (Å²) in [6, 6.07) is 0. The number of carboxylic acids is 1. The van der Waals surface area contributed by atoms with Crippen molar-refractivity contribution in [3.63, 3.8) is 0 Å². The molecule has 0 spiro atoms. The van der Waals surface area contributed by atoms with Gasteiger partial charge in [0, 0.05) is 12.8 Å². The van der Waals surface area contributed by atoms with Crippen molar-refractivity contribution < 1.29 is 42.9 Å². The van der Waals surface area contributed by atoms with Crippen molar-refractivity contribution in [3.05, 3.63) is 12.2 Å². The normalized spacial score (nSPS) is 12.6. The molecule has 2 atom stereocenters. The maximum Gasteiger partial charge on any atom is 0.306 e. The highest BCUT2D eigenvalue weighted by Crippen LogP contribution is 2.19. The van der Waals surface area contributed by atoms with E-state index in [1.54, 1.807) is 0 Å². The van der Waals surface area contributed by atoms with Crippen LogP contribution in [-0.2, 0) is 33.3 Å². The Kier molecular flexibility index (Phi) is 64.4. The number of ether oxygens (including phenoxy) is 4. The zero-order valence-electron chi connectivity index (χ0n) is 56.4. The summed E-state index contributed by atoms with van der Waals surface area (Å²) in [6.45, 7) is 4.83. The van der Waals surface area contributed by atoms with Gasteiger partial charge in [0.25, 0.3) is 0 Å². The molecule has 0 N–H and O–H groups in total. The topological polar surface area (TPSA) is 111 Å². The molecule has 0 radical (unpaired) electrons. The van der Waals surface area contributed by atoms with E-state index in [4.69, 9.17) is 18.9 Å². The van der Waals surface area contributed by atoms with Crippen molar-refractivity contribution in [2.75, 3.05) is 47.5 Å². The highest BCUT2D eigenvalue weighted by Gasteiger charge is 2.22. The Morgan fingerprint density at radius 1 is 0.349 bits per heavy atom. The van der Waals surface area contributed by atoms with E-state index in [1.807, 2.05) is 21.1 Å². The minimum Gasteiger partial charge on any atom is -0.545 e. The van der Waals surface area contributed by atoms with Gasteiger partial charge in [-0.05, 0) is 38.5 Å². The number of aliphatic carboxylic acids is 1. The number of carbonyl (C=O) groups excluding carboxylic acids is 3. The van der Waals surface area contributed by atoms with E-state index in [-0.39, 0.29) is 32.2 Å². The second-order valence-electron chi connectivity index (χ2n) is 26.6. The summed E-state index contributed by atoms with van der Waals surface area (Å²) in [6.07, 6.45) is 77.5. The molecule has 0 aliphatic rings. The van der Waals surface area contributed by atoms with Gasteiger partial charge in [0.1, 0.15) is 13.2 Å². The summed E-state index contributed by atoms with van der Waals surface area (Å²) in [5.74, 6) is -2.25. The third-order valence-corrected chi connectivity index (χ3v) is 17.0. The lowest BCUT2D eigenvalue weighted by Gasteiger charge is -2.26. The van der Waals surface area contributed by atoms with E-state index < -0.39 is 24.3 Å². The van der Waals surface area contributed by atoms with Crippen LogP contribution in [0.25, 0.3) is 0 Å². The first kappa shape index (κ1) is 81.0. The van der Waals surface area contributed by atoms with Gasteiger partial charge < -0.3 is 33.3 Å². The van der Waals surface area contributed by atoms with Crippen LogP contribution in [0.4, 0.5) is 0 Å². The average molecular weight is 1170 g/mol. The van der Waals surface area contributed by atoms with Crippen LogP contribution < -0.4 is 5.11 Å². The first-order valence-electron chi connectivity index (χ1n) is 36.8. The summed E-state index contributed by atoms with van der Waals surface area (Å²) in [5.41, 5.74) is 0. The van der Waals surface area contributed by atoms with Gasteiger partial charge in [-0.15, -0.1) is 0 Å². The van der Waals surface area contributed by atoms with Gasteiger partial charge in [0.2, 0.25) is 0 Å². The summed E-state index contributed by atoms with van der Waals surface area (Å²) in [7, 11) is 5.95. The van der Waals surface area contributed by atoms with Gasteiger partial charge in [0.15, 0.2) is 12.4 Å². The monoisotopic (exact) mass is 1170 g/mol.